The van der Waals surface area contributed by atoms with E-state index in [0.717, 1.165) is 18.7 Å². The third-order valence-corrected chi connectivity index (χ3v) is 4.47. The van der Waals surface area contributed by atoms with Crippen molar-refractivity contribution in [2.75, 3.05) is 0 Å². The van der Waals surface area contributed by atoms with Crippen molar-refractivity contribution in [3.8, 4) is 11.3 Å². The first-order valence-corrected chi connectivity index (χ1v) is 7.37. The molecule has 2 aliphatic carbocycles. The van der Waals surface area contributed by atoms with Crippen molar-refractivity contribution < 1.29 is 0 Å². The summed E-state index contributed by atoms with van der Waals surface area (Å²) in [6, 6.07) is 10.6. The maximum absolute atomic E-state index is 4.93. The fourth-order valence-corrected chi connectivity index (χ4v) is 3.14. The lowest BCUT2D eigenvalue weighted by molar-refractivity contribution is 0.400. The van der Waals surface area contributed by atoms with Gasteiger partial charge in [0.2, 0.25) is 0 Å². The number of fused-ring (bicyclic) bond motifs is 1. The van der Waals surface area contributed by atoms with Crippen molar-refractivity contribution in [2.45, 2.75) is 44.4 Å². The molecule has 0 unspecified atom stereocenters. The van der Waals surface area contributed by atoms with E-state index in [2.05, 4.69) is 30.3 Å². The number of rotatable bonds is 2. The summed E-state index contributed by atoms with van der Waals surface area (Å²) in [5.74, 6) is 1.72. The second-order valence-electron chi connectivity index (χ2n) is 5.70. The summed E-state index contributed by atoms with van der Waals surface area (Å²) in [5, 5.41) is 0. The lowest BCUT2D eigenvalue weighted by Crippen LogP contribution is -2.14. The Morgan fingerprint density at radius 3 is 2.47 bits per heavy atom. The molecule has 0 saturated heterocycles. The molecule has 1 fully saturated rings. The van der Waals surface area contributed by atoms with E-state index >= 15 is 0 Å². The fourth-order valence-electron chi connectivity index (χ4n) is 3.14. The second-order valence-corrected chi connectivity index (χ2v) is 5.70. The van der Waals surface area contributed by atoms with Crippen molar-refractivity contribution in [1.82, 2.24) is 9.97 Å². The summed E-state index contributed by atoms with van der Waals surface area (Å²) in [7, 11) is 0. The zero-order valence-corrected chi connectivity index (χ0v) is 11.1. The summed E-state index contributed by atoms with van der Waals surface area (Å²) < 4.78 is 0. The predicted octanol–water partition coefficient (Wildman–Crippen LogP) is 3.90. The van der Waals surface area contributed by atoms with E-state index in [1.54, 1.807) is 0 Å². The molecular formula is C17H18N2. The maximum atomic E-state index is 4.93. The Kier molecular flexibility index (Phi) is 2.61. The molecule has 0 bridgehead atoms. The Bertz CT molecular complexity index is 600. The van der Waals surface area contributed by atoms with E-state index in [1.165, 1.54) is 48.2 Å². The van der Waals surface area contributed by atoms with Crippen molar-refractivity contribution in [2.24, 2.45) is 0 Å². The molecule has 2 heteroatoms. The molecule has 1 aromatic carbocycles. The number of nitrogens with zero attached hydrogens (tertiary/aromatic N) is 2. The number of aryl methyl sites for hydroxylation is 1. The molecule has 0 radical (unpaired) electrons. The summed E-state index contributed by atoms with van der Waals surface area (Å²) in [6.45, 7) is 0. The Morgan fingerprint density at radius 2 is 1.74 bits per heavy atom. The summed E-state index contributed by atoms with van der Waals surface area (Å²) in [6.07, 6.45) is 7.39. The molecule has 1 saturated carbocycles. The summed E-state index contributed by atoms with van der Waals surface area (Å²) in [4.78, 5) is 9.78. The molecule has 2 aromatic rings. The first kappa shape index (κ1) is 11.2. The van der Waals surface area contributed by atoms with Crippen LogP contribution in [-0.2, 0) is 12.8 Å². The van der Waals surface area contributed by atoms with Crippen LogP contribution in [0.2, 0.25) is 0 Å². The summed E-state index contributed by atoms with van der Waals surface area (Å²) in [5.41, 5.74) is 5.17. The SMILES string of the molecule is c1ccc(-c2nc(C3CCC3)nc3c2CCC3)cc1. The van der Waals surface area contributed by atoms with Gasteiger partial charge in [0, 0.05) is 22.7 Å². The molecule has 0 atom stereocenters. The van der Waals surface area contributed by atoms with E-state index in [-0.39, 0.29) is 0 Å². The van der Waals surface area contributed by atoms with Gasteiger partial charge >= 0.3 is 0 Å². The number of hydrogen-bond acceptors (Lipinski definition) is 2. The van der Waals surface area contributed by atoms with Crippen LogP contribution in [0.4, 0.5) is 0 Å². The highest BCUT2D eigenvalue weighted by Crippen LogP contribution is 2.37. The van der Waals surface area contributed by atoms with Crippen LogP contribution in [-0.4, -0.2) is 9.97 Å². The molecule has 0 N–H and O–H groups in total. The van der Waals surface area contributed by atoms with E-state index in [1.807, 2.05) is 0 Å². The van der Waals surface area contributed by atoms with Crippen LogP contribution in [0, 0.1) is 0 Å². The third kappa shape index (κ3) is 1.86. The largest absolute Gasteiger partial charge is 0.237 e. The average molecular weight is 250 g/mol. The second kappa shape index (κ2) is 4.44. The Hall–Kier alpha value is -1.70. The van der Waals surface area contributed by atoms with Gasteiger partial charge in [-0.3, -0.25) is 0 Å². The maximum Gasteiger partial charge on any atom is 0.132 e. The van der Waals surface area contributed by atoms with Gasteiger partial charge in [0.05, 0.1) is 5.69 Å². The van der Waals surface area contributed by atoms with Gasteiger partial charge in [-0.1, -0.05) is 36.8 Å². The van der Waals surface area contributed by atoms with Gasteiger partial charge < -0.3 is 0 Å². The molecule has 0 amide bonds. The fraction of sp³-hybridized carbons (Fsp3) is 0.412. The lowest BCUT2D eigenvalue weighted by Gasteiger charge is -2.25. The Labute approximate surface area is 113 Å². The molecule has 19 heavy (non-hydrogen) atoms. The third-order valence-electron chi connectivity index (χ3n) is 4.47. The quantitative estimate of drug-likeness (QED) is 0.807. The molecule has 2 aliphatic rings. The van der Waals surface area contributed by atoms with E-state index in [4.69, 9.17) is 9.97 Å². The summed E-state index contributed by atoms with van der Waals surface area (Å²) >= 11 is 0. The highest BCUT2D eigenvalue weighted by molar-refractivity contribution is 5.64. The van der Waals surface area contributed by atoms with E-state index < -0.39 is 0 Å². The molecule has 2 nitrogen and oxygen atoms in total. The van der Waals surface area contributed by atoms with Gasteiger partial charge in [0.25, 0.3) is 0 Å². The van der Waals surface area contributed by atoms with Crippen LogP contribution in [0.5, 0.6) is 0 Å². The van der Waals surface area contributed by atoms with Crippen LogP contribution in [0.1, 0.15) is 48.7 Å². The minimum Gasteiger partial charge on any atom is -0.237 e. The van der Waals surface area contributed by atoms with Crippen LogP contribution in [0.25, 0.3) is 11.3 Å². The van der Waals surface area contributed by atoms with Crippen molar-refractivity contribution in [3.05, 3.63) is 47.4 Å². The molecule has 96 valence electrons. The molecular weight excluding hydrogens is 232 g/mol. The van der Waals surface area contributed by atoms with Gasteiger partial charge in [-0.05, 0) is 32.1 Å². The van der Waals surface area contributed by atoms with E-state index in [0.29, 0.717) is 5.92 Å². The van der Waals surface area contributed by atoms with Crippen molar-refractivity contribution >= 4 is 0 Å². The minimum atomic E-state index is 0.619. The van der Waals surface area contributed by atoms with Crippen LogP contribution in [0.3, 0.4) is 0 Å². The zero-order valence-electron chi connectivity index (χ0n) is 11.1. The highest BCUT2D eigenvalue weighted by atomic mass is 14.9. The normalized spacial score (nSPS) is 18.1. The molecule has 1 heterocycles. The van der Waals surface area contributed by atoms with Gasteiger partial charge in [-0.25, -0.2) is 9.97 Å². The first-order valence-electron chi connectivity index (χ1n) is 7.37. The zero-order chi connectivity index (χ0) is 12.7. The predicted molar refractivity (Wildman–Crippen MR) is 76.1 cm³/mol. The Balaban J connectivity index is 1.86. The molecule has 4 rings (SSSR count). The smallest absolute Gasteiger partial charge is 0.132 e. The van der Waals surface area contributed by atoms with Crippen LogP contribution >= 0.6 is 0 Å². The van der Waals surface area contributed by atoms with Crippen molar-refractivity contribution in [1.29, 1.82) is 0 Å². The number of benzene rings is 1. The molecule has 1 aromatic heterocycles. The topological polar surface area (TPSA) is 25.8 Å². The number of hydrogen-bond donors (Lipinski definition) is 0. The van der Waals surface area contributed by atoms with Gasteiger partial charge in [0.1, 0.15) is 5.82 Å². The van der Waals surface area contributed by atoms with Gasteiger partial charge in [0.15, 0.2) is 0 Å². The number of aromatic nitrogens is 2. The average Bonchev–Trinajstić information content (AvgIpc) is 2.85. The van der Waals surface area contributed by atoms with Crippen LogP contribution < -0.4 is 0 Å². The minimum absolute atomic E-state index is 0.619. The van der Waals surface area contributed by atoms with Crippen molar-refractivity contribution in [3.63, 3.8) is 0 Å². The highest BCUT2D eigenvalue weighted by Gasteiger charge is 2.26. The van der Waals surface area contributed by atoms with Crippen LogP contribution in [0.15, 0.2) is 30.3 Å². The molecule has 0 spiro atoms. The monoisotopic (exact) mass is 250 g/mol. The van der Waals surface area contributed by atoms with Gasteiger partial charge in [-0.15, -0.1) is 0 Å². The lowest BCUT2D eigenvalue weighted by atomic mass is 9.84. The molecule has 0 aliphatic heterocycles. The van der Waals surface area contributed by atoms with Gasteiger partial charge in [-0.2, -0.15) is 0 Å². The Morgan fingerprint density at radius 1 is 0.895 bits per heavy atom. The standard InChI is InChI=1S/C17H18N2/c1-2-6-12(7-3-1)16-14-10-5-11-15(14)18-17(19-16)13-8-4-9-13/h1-3,6-7,13H,4-5,8-11H2. The first-order chi connectivity index (χ1) is 9.42. The van der Waals surface area contributed by atoms with E-state index in [9.17, 15) is 0 Å².